The van der Waals surface area contributed by atoms with Crippen LogP contribution in [0.15, 0.2) is 77.7 Å². The van der Waals surface area contributed by atoms with Crippen LogP contribution < -0.4 is 4.90 Å². The first-order valence-electron chi connectivity index (χ1n) is 13.0. The van der Waals surface area contributed by atoms with Gasteiger partial charge in [-0.05, 0) is 61.1 Å². The van der Waals surface area contributed by atoms with Gasteiger partial charge in [0.15, 0.2) is 5.13 Å². The number of nitrogens with zero attached hydrogens (tertiary/aromatic N) is 4. The van der Waals surface area contributed by atoms with E-state index in [1.165, 1.54) is 27.8 Å². The van der Waals surface area contributed by atoms with Gasteiger partial charge in [-0.25, -0.2) is 13.4 Å². The van der Waals surface area contributed by atoms with Crippen LogP contribution in [-0.2, 0) is 16.6 Å². The SMILES string of the molecule is CCN(CC)CCN(C(=O)c1ccc(S(=O)(=O)N(CC)Cc2ccccc2)cc1)c1nc2ccc(Cl)cc2s1. The van der Waals surface area contributed by atoms with Crippen molar-refractivity contribution in [2.75, 3.05) is 37.6 Å². The van der Waals surface area contributed by atoms with Gasteiger partial charge in [0, 0.05) is 36.8 Å². The van der Waals surface area contributed by atoms with Crippen LogP contribution in [0, 0.1) is 0 Å². The highest BCUT2D eigenvalue weighted by Gasteiger charge is 2.26. The van der Waals surface area contributed by atoms with Gasteiger partial charge in [-0.2, -0.15) is 4.31 Å². The van der Waals surface area contributed by atoms with Gasteiger partial charge >= 0.3 is 0 Å². The average Bonchev–Trinajstić information content (AvgIpc) is 3.37. The zero-order valence-corrected chi connectivity index (χ0v) is 24.8. The fourth-order valence-electron chi connectivity index (χ4n) is 4.30. The number of benzene rings is 3. The average molecular weight is 585 g/mol. The molecule has 1 amide bonds. The van der Waals surface area contributed by atoms with Crippen LogP contribution in [0.2, 0.25) is 5.02 Å². The number of hydrogen-bond acceptors (Lipinski definition) is 6. The lowest BCUT2D eigenvalue weighted by atomic mass is 10.2. The van der Waals surface area contributed by atoms with Gasteiger partial charge in [0.05, 0.1) is 15.1 Å². The van der Waals surface area contributed by atoms with E-state index in [0.717, 1.165) is 28.9 Å². The molecule has 0 unspecified atom stereocenters. The number of thiazole rings is 1. The summed E-state index contributed by atoms with van der Waals surface area (Å²) >= 11 is 7.59. The number of amides is 1. The minimum atomic E-state index is -3.73. The van der Waals surface area contributed by atoms with Crippen molar-refractivity contribution in [1.82, 2.24) is 14.2 Å². The number of anilines is 1. The molecular formula is C29H33ClN4O3S2. The molecule has 0 spiro atoms. The Bertz CT molecular complexity index is 1500. The number of hydrogen-bond donors (Lipinski definition) is 0. The number of carbonyl (C=O) groups excluding carboxylic acids is 1. The fourth-order valence-corrected chi connectivity index (χ4v) is 7.00. The predicted molar refractivity (Wildman–Crippen MR) is 160 cm³/mol. The highest BCUT2D eigenvalue weighted by atomic mass is 35.5. The number of carbonyl (C=O) groups is 1. The molecule has 0 aliphatic carbocycles. The lowest BCUT2D eigenvalue weighted by Gasteiger charge is -2.25. The molecule has 3 aromatic carbocycles. The van der Waals surface area contributed by atoms with E-state index >= 15 is 0 Å². The van der Waals surface area contributed by atoms with E-state index in [-0.39, 0.29) is 17.3 Å². The molecule has 4 aromatic rings. The summed E-state index contributed by atoms with van der Waals surface area (Å²) in [5.41, 5.74) is 2.09. The predicted octanol–water partition coefficient (Wildman–Crippen LogP) is 6.15. The zero-order chi connectivity index (χ0) is 28.0. The van der Waals surface area contributed by atoms with Crippen molar-refractivity contribution in [3.8, 4) is 0 Å². The standard InChI is InChI=1S/C29H33ClN4O3S2/c1-4-32(5-2)18-19-34(29-31-26-17-14-24(30)20-27(26)38-29)28(35)23-12-15-25(16-13-23)39(36,37)33(6-3)21-22-10-8-7-9-11-22/h7-17,20H,4-6,18-19,21H2,1-3H3. The molecule has 0 saturated carbocycles. The molecule has 1 heterocycles. The largest absolute Gasteiger partial charge is 0.302 e. The third-order valence-electron chi connectivity index (χ3n) is 6.64. The van der Waals surface area contributed by atoms with Gasteiger partial charge in [0.1, 0.15) is 0 Å². The maximum absolute atomic E-state index is 13.8. The van der Waals surface area contributed by atoms with Crippen molar-refractivity contribution < 1.29 is 13.2 Å². The molecule has 7 nitrogen and oxygen atoms in total. The highest BCUT2D eigenvalue weighted by molar-refractivity contribution is 7.89. The molecule has 0 atom stereocenters. The van der Waals surface area contributed by atoms with Crippen molar-refractivity contribution in [2.45, 2.75) is 32.2 Å². The van der Waals surface area contributed by atoms with Crippen LogP contribution in [0.4, 0.5) is 5.13 Å². The second-order valence-electron chi connectivity index (χ2n) is 9.03. The molecule has 39 heavy (non-hydrogen) atoms. The Labute approximate surface area is 239 Å². The third kappa shape index (κ3) is 6.85. The van der Waals surface area contributed by atoms with Gasteiger partial charge < -0.3 is 4.90 Å². The minimum Gasteiger partial charge on any atom is -0.302 e. The quantitative estimate of drug-likeness (QED) is 0.200. The number of halogens is 1. The molecule has 1 aromatic heterocycles. The van der Waals surface area contributed by atoms with Gasteiger partial charge in [-0.3, -0.25) is 9.69 Å². The van der Waals surface area contributed by atoms with E-state index in [0.29, 0.717) is 35.4 Å². The molecule has 0 aliphatic heterocycles. The Balaban J connectivity index is 1.60. The summed E-state index contributed by atoms with van der Waals surface area (Å²) in [6, 6.07) is 21.2. The molecular weight excluding hydrogens is 552 g/mol. The molecule has 0 saturated heterocycles. The maximum atomic E-state index is 13.8. The second kappa shape index (κ2) is 13.0. The monoisotopic (exact) mass is 584 g/mol. The number of sulfonamides is 1. The van der Waals surface area contributed by atoms with Crippen LogP contribution in [0.5, 0.6) is 0 Å². The van der Waals surface area contributed by atoms with Crippen molar-refractivity contribution in [3.63, 3.8) is 0 Å². The molecule has 0 aliphatic rings. The van der Waals surface area contributed by atoms with E-state index in [2.05, 4.69) is 18.7 Å². The smallest absolute Gasteiger partial charge is 0.260 e. The topological polar surface area (TPSA) is 73.8 Å². The summed E-state index contributed by atoms with van der Waals surface area (Å²) in [6.07, 6.45) is 0. The van der Waals surface area contributed by atoms with E-state index < -0.39 is 10.0 Å². The zero-order valence-electron chi connectivity index (χ0n) is 22.4. The Morgan fingerprint density at radius 2 is 1.59 bits per heavy atom. The van der Waals surface area contributed by atoms with Crippen LogP contribution in [0.3, 0.4) is 0 Å². The number of rotatable bonds is 12. The lowest BCUT2D eigenvalue weighted by Crippen LogP contribution is -2.39. The Kier molecular flexibility index (Phi) is 9.74. The Morgan fingerprint density at radius 1 is 0.897 bits per heavy atom. The van der Waals surface area contributed by atoms with Gasteiger partial charge in [0.25, 0.3) is 5.91 Å². The number of fused-ring (bicyclic) bond motifs is 1. The van der Waals surface area contributed by atoms with Crippen molar-refractivity contribution in [2.24, 2.45) is 0 Å². The molecule has 206 valence electrons. The third-order valence-corrected chi connectivity index (χ3v) is 9.85. The normalized spacial score (nSPS) is 11.9. The Hall–Kier alpha value is -2.82. The van der Waals surface area contributed by atoms with Crippen LogP contribution in [0.1, 0.15) is 36.7 Å². The summed E-state index contributed by atoms with van der Waals surface area (Å²) in [5, 5.41) is 1.20. The second-order valence-corrected chi connectivity index (χ2v) is 12.4. The maximum Gasteiger partial charge on any atom is 0.260 e. The first-order valence-corrected chi connectivity index (χ1v) is 15.6. The van der Waals surface area contributed by atoms with Crippen molar-refractivity contribution >= 4 is 54.2 Å². The van der Waals surface area contributed by atoms with Crippen LogP contribution >= 0.6 is 22.9 Å². The fraction of sp³-hybridized carbons (Fsp3) is 0.310. The molecule has 10 heteroatoms. The molecule has 0 N–H and O–H groups in total. The summed E-state index contributed by atoms with van der Waals surface area (Å²) in [5.74, 6) is -0.229. The lowest BCUT2D eigenvalue weighted by molar-refractivity contribution is 0.0983. The van der Waals surface area contributed by atoms with E-state index in [9.17, 15) is 13.2 Å². The van der Waals surface area contributed by atoms with Crippen LogP contribution in [-0.4, -0.2) is 61.2 Å². The van der Waals surface area contributed by atoms with E-state index in [4.69, 9.17) is 16.6 Å². The van der Waals surface area contributed by atoms with Gasteiger partial charge in [-0.1, -0.05) is 74.0 Å². The van der Waals surface area contributed by atoms with Crippen molar-refractivity contribution in [3.05, 3.63) is 88.9 Å². The molecule has 4 rings (SSSR count). The summed E-state index contributed by atoms with van der Waals surface area (Å²) in [7, 11) is -3.73. The number of aromatic nitrogens is 1. The van der Waals surface area contributed by atoms with Crippen LogP contribution in [0.25, 0.3) is 10.2 Å². The summed E-state index contributed by atoms with van der Waals surface area (Å²) in [4.78, 5) is 22.5. The summed E-state index contributed by atoms with van der Waals surface area (Å²) in [6.45, 7) is 9.49. The Morgan fingerprint density at radius 3 is 2.23 bits per heavy atom. The van der Waals surface area contributed by atoms with E-state index in [1.807, 2.05) is 49.4 Å². The first kappa shape index (κ1) is 29.2. The molecule has 0 fully saturated rings. The first-order chi connectivity index (χ1) is 18.8. The highest BCUT2D eigenvalue weighted by Crippen LogP contribution is 2.32. The van der Waals surface area contributed by atoms with Gasteiger partial charge in [-0.15, -0.1) is 0 Å². The summed E-state index contributed by atoms with van der Waals surface area (Å²) < 4.78 is 29.1. The van der Waals surface area contributed by atoms with Gasteiger partial charge in [0.2, 0.25) is 10.0 Å². The minimum absolute atomic E-state index is 0.154. The molecule has 0 bridgehead atoms. The molecule has 0 radical (unpaired) electrons. The number of likely N-dealkylation sites (N-methyl/N-ethyl adjacent to an activating group) is 1. The van der Waals surface area contributed by atoms with Crippen molar-refractivity contribution in [1.29, 1.82) is 0 Å². The van der Waals surface area contributed by atoms with E-state index in [1.54, 1.807) is 23.1 Å².